The van der Waals surface area contributed by atoms with Gasteiger partial charge in [0.15, 0.2) is 0 Å². The van der Waals surface area contributed by atoms with Crippen molar-refractivity contribution in [2.45, 2.75) is 4.90 Å². The SMILES string of the molecule is Fc1ccc(SCCNc2ccccc2F)c(F)c1. The number of para-hydroxylation sites is 1. The highest BCUT2D eigenvalue weighted by Gasteiger charge is 2.04. The van der Waals surface area contributed by atoms with Gasteiger partial charge in [0.2, 0.25) is 0 Å². The van der Waals surface area contributed by atoms with E-state index in [1.807, 2.05) is 0 Å². The molecule has 0 saturated heterocycles. The number of rotatable bonds is 5. The van der Waals surface area contributed by atoms with Crippen LogP contribution in [-0.2, 0) is 0 Å². The van der Waals surface area contributed by atoms with Crippen molar-refractivity contribution in [1.82, 2.24) is 0 Å². The Balaban J connectivity index is 1.83. The van der Waals surface area contributed by atoms with Gasteiger partial charge in [-0.1, -0.05) is 12.1 Å². The van der Waals surface area contributed by atoms with Gasteiger partial charge in [-0.3, -0.25) is 0 Å². The monoisotopic (exact) mass is 283 g/mol. The van der Waals surface area contributed by atoms with Crippen LogP contribution in [0.15, 0.2) is 47.4 Å². The fourth-order valence-electron chi connectivity index (χ4n) is 1.54. The van der Waals surface area contributed by atoms with Crippen LogP contribution in [0.3, 0.4) is 0 Å². The Labute approximate surface area is 113 Å². The lowest BCUT2D eigenvalue weighted by atomic mass is 10.3. The number of anilines is 1. The van der Waals surface area contributed by atoms with E-state index in [1.165, 1.54) is 30.0 Å². The molecule has 100 valence electrons. The Morgan fingerprint density at radius 1 is 0.947 bits per heavy atom. The molecule has 0 saturated carbocycles. The van der Waals surface area contributed by atoms with Gasteiger partial charge in [0, 0.05) is 23.3 Å². The molecule has 19 heavy (non-hydrogen) atoms. The summed E-state index contributed by atoms with van der Waals surface area (Å²) in [5.74, 6) is -0.931. The third-order valence-corrected chi connectivity index (χ3v) is 3.49. The van der Waals surface area contributed by atoms with Gasteiger partial charge in [-0.2, -0.15) is 0 Å². The van der Waals surface area contributed by atoms with Gasteiger partial charge in [-0.05, 0) is 24.3 Å². The van der Waals surface area contributed by atoms with Crippen LogP contribution < -0.4 is 5.32 Å². The van der Waals surface area contributed by atoms with E-state index in [4.69, 9.17) is 0 Å². The van der Waals surface area contributed by atoms with E-state index in [-0.39, 0.29) is 5.82 Å². The van der Waals surface area contributed by atoms with Gasteiger partial charge in [0.25, 0.3) is 0 Å². The summed E-state index contributed by atoms with van der Waals surface area (Å²) in [6.45, 7) is 0.489. The molecular formula is C14H12F3NS. The molecular weight excluding hydrogens is 271 g/mol. The lowest BCUT2D eigenvalue weighted by molar-refractivity contribution is 0.565. The molecule has 0 bridgehead atoms. The van der Waals surface area contributed by atoms with Crippen LogP contribution in [0.5, 0.6) is 0 Å². The summed E-state index contributed by atoms with van der Waals surface area (Å²) in [5.41, 5.74) is 0.419. The van der Waals surface area contributed by atoms with E-state index in [2.05, 4.69) is 5.32 Å². The van der Waals surface area contributed by atoms with Crippen molar-refractivity contribution in [1.29, 1.82) is 0 Å². The van der Waals surface area contributed by atoms with E-state index in [0.29, 0.717) is 22.9 Å². The molecule has 2 aromatic carbocycles. The van der Waals surface area contributed by atoms with Crippen LogP contribution in [-0.4, -0.2) is 12.3 Å². The second-order valence-corrected chi connectivity index (χ2v) is 4.97. The molecule has 0 aliphatic carbocycles. The largest absolute Gasteiger partial charge is 0.382 e. The quantitative estimate of drug-likeness (QED) is 0.648. The number of nitrogens with one attached hydrogen (secondary N) is 1. The molecule has 1 nitrogen and oxygen atoms in total. The van der Waals surface area contributed by atoms with E-state index >= 15 is 0 Å². The minimum absolute atomic E-state index is 0.319. The topological polar surface area (TPSA) is 12.0 Å². The first-order valence-corrected chi connectivity index (χ1v) is 6.71. The van der Waals surface area contributed by atoms with Gasteiger partial charge in [-0.15, -0.1) is 11.8 Å². The Morgan fingerprint density at radius 3 is 2.47 bits per heavy atom. The molecule has 1 N–H and O–H groups in total. The molecule has 2 aromatic rings. The zero-order chi connectivity index (χ0) is 13.7. The molecule has 0 atom stereocenters. The second kappa shape index (κ2) is 6.52. The van der Waals surface area contributed by atoms with Gasteiger partial charge >= 0.3 is 0 Å². The molecule has 0 aromatic heterocycles. The Morgan fingerprint density at radius 2 is 1.74 bits per heavy atom. The summed E-state index contributed by atoms with van der Waals surface area (Å²) in [6.07, 6.45) is 0. The number of thioether (sulfide) groups is 1. The van der Waals surface area contributed by atoms with Crippen LogP contribution in [0.4, 0.5) is 18.9 Å². The minimum Gasteiger partial charge on any atom is -0.382 e. The number of hydrogen-bond donors (Lipinski definition) is 1. The van der Waals surface area contributed by atoms with Crippen molar-refractivity contribution in [2.75, 3.05) is 17.6 Å². The van der Waals surface area contributed by atoms with Crippen LogP contribution in [0.2, 0.25) is 0 Å². The fourth-order valence-corrected chi connectivity index (χ4v) is 2.33. The molecule has 0 radical (unpaired) electrons. The minimum atomic E-state index is -0.591. The van der Waals surface area contributed by atoms with Crippen LogP contribution in [0, 0.1) is 17.5 Å². The molecule has 0 fully saturated rings. The molecule has 0 aliphatic heterocycles. The van der Waals surface area contributed by atoms with Gasteiger partial charge in [0.05, 0.1) is 5.69 Å². The summed E-state index contributed by atoms with van der Waals surface area (Å²) in [4.78, 5) is 0.386. The van der Waals surface area contributed by atoms with Crippen LogP contribution in [0.25, 0.3) is 0 Å². The number of hydrogen-bond acceptors (Lipinski definition) is 2. The molecule has 0 amide bonds. The Hall–Kier alpha value is -1.62. The molecule has 0 heterocycles. The highest BCUT2D eigenvalue weighted by atomic mass is 32.2. The van der Waals surface area contributed by atoms with Crippen molar-refractivity contribution in [2.24, 2.45) is 0 Å². The maximum Gasteiger partial charge on any atom is 0.146 e. The smallest absolute Gasteiger partial charge is 0.146 e. The van der Waals surface area contributed by atoms with Gasteiger partial charge < -0.3 is 5.32 Å². The fraction of sp³-hybridized carbons (Fsp3) is 0.143. The Bertz CT molecular complexity index is 560. The summed E-state index contributed by atoms with van der Waals surface area (Å²) in [5, 5.41) is 2.92. The first-order chi connectivity index (χ1) is 9.16. The van der Waals surface area contributed by atoms with Crippen molar-refractivity contribution < 1.29 is 13.2 Å². The maximum absolute atomic E-state index is 13.3. The molecule has 0 aliphatic rings. The lowest BCUT2D eigenvalue weighted by Crippen LogP contribution is -2.05. The predicted octanol–water partition coefficient (Wildman–Crippen LogP) is 4.31. The first-order valence-electron chi connectivity index (χ1n) is 5.73. The van der Waals surface area contributed by atoms with E-state index in [9.17, 15) is 13.2 Å². The zero-order valence-electron chi connectivity index (χ0n) is 10.00. The van der Waals surface area contributed by atoms with E-state index in [1.54, 1.807) is 18.2 Å². The summed E-state index contributed by atoms with van der Waals surface area (Å²) in [7, 11) is 0. The summed E-state index contributed by atoms with van der Waals surface area (Å²) in [6, 6.07) is 9.83. The first kappa shape index (κ1) is 13.8. The van der Waals surface area contributed by atoms with Crippen LogP contribution in [0.1, 0.15) is 0 Å². The standard InChI is InChI=1S/C14H12F3NS/c15-10-5-6-14(12(17)9-10)19-8-7-18-13-4-2-1-3-11(13)16/h1-6,9,18H,7-8H2. The van der Waals surface area contributed by atoms with Crippen molar-refractivity contribution >= 4 is 17.4 Å². The molecule has 2 rings (SSSR count). The number of benzene rings is 2. The van der Waals surface area contributed by atoms with Crippen LogP contribution >= 0.6 is 11.8 Å². The van der Waals surface area contributed by atoms with Gasteiger partial charge in [0.1, 0.15) is 17.5 Å². The predicted molar refractivity (Wildman–Crippen MR) is 72.0 cm³/mol. The van der Waals surface area contributed by atoms with E-state index in [0.717, 1.165) is 6.07 Å². The maximum atomic E-state index is 13.3. The highest BCUT2D eigenvalue weighted by molar-refractivity contribution is 7.99. The summed E-state index contributed by atoms with van der Waals surface area (Å²) < 4.78 is 39.3. The molecule has 5 heteroatoms. The average Bonchev–Trinajstić information content (AvgIpc) is 2.38. The number of halogens is 3. The third kappa shape index (κ3) is 3.92. The van der Waals surface area contributed by atoms with E-state index < -0.39 is 11.6 Å². The van der Waals surface area contributed by atoms with Crippen molar-refractivity contribution in [3.63, 3.8) is 0 Å². The van der Waals surface area contributed by atoms with Crippen molar-refractivity contribution in [3.8, 4) is 0 Å². The molecule has 0 unspecified atom stereocenters. The normalized spacial score (nSPS) is 10.5. The average molecular weight is 283 g/mol. The lowest BCUT2D eigenvalue weighted by Gasteiger charge is -2.07. The third-order valence-electron chi connectivity index (χ3n) is 2.44. The summed E-state index contributed by atoms with van der Waals surface area (Å²) >= 11 is 1.25. The molecule has 0 spiro atoms. The zero-order valence-corrected chi connectivity index (χ0v) is 10.8. The second-order valence-electron chi connectivity index (χ2n) is 3.83. The highest BCUT2D eigenvalue weighted by Crippen LogP contribution is 2.22. The van der Waals surface area contributed by atoms with Gasteiger partial charge in [-0.25, -0.2) is 13.2 Å². The van der Waals surface area contributed by atoms with Crippen molar-refractivity contribution in [3.05, 3.63) is 59.9 Å². The Kier molecular flexibility index (Phi) is 4.74.